The molecule has 2 fully saturated rings. The molecule has 0 bridgehead atoms. The van der Waals surface area contributed by atoms with Crippen molar-refractivity contribution >= 4 is 5.91 Å². The van der Waals surface area contributed by atoms with Crippen molar-refractivity contribution in [2.45, 2.75) is 58.5 Å². The highest BCUT2D eigenvalue weighted by Gasteiger charge is 2.30. The highest BCUT2D eigenvalue weighted by atomic mass is 16.2. The van der Waals surface area contributed by atoms with Gasteiger partial charge in [-0.2, -0.15) is 0 Å². The van der Waals surface area contributed by atoms with Crippen molar-refractivity contribution in [3.63, 3.8) is 0 Å². The van der Waals surface area contributed by atoms with Gasteiger partial charge in [-0.3, -0.25) is 9.69 Å². The molecule has 116 valence electrons. The van der Waals surface area contributed by atoms with E-state index < -0.39 is 0 Å². The standard InChI is InChI=1S/C16H31N3O/c1-12(2)14-4-6-15(7-5-14)18-8-10-19(11-9-18)16(20)13(3)17/h12-15H,4-11,17H2,1-3H3. The maximum absolute atomic E-state index is 11.9. The van der Waals surface area contributed by atoms with Gasteiger partial charge in [0.2, 0.25) is 5.91 Å². The van der Waals surface area contributed by atoms with Crippen LogP contribution in [0.1, 0.15) is 46.5 Å². The van der Waals surface area contributed by atoms with E-state index in [1.54, 1.807) is 6.92 Å². The van der Waals surface area contributed by atoms with E-state index in [0.717, 1.165) is 44.1 Å². The minimum atomic E-state index is -0.358. The fourth-order valence-electron chi connectivity index (χ4n) is 3.73. The summed E-state index contributed by atoms with van der Waals surface area (Å²) < 4.78 is 0. The van der Waals surface area contributed by atoms with Crippen molar-refractivity contribution in [2.24, 2.45) is 17.6 Å². The molecule has 0 aromatic heterocycles. The summed E-state index contributed by atoms with van der Waals surface area (Å²) in [5, 5.41) is 0. The van der Waals surface area contributed by atoms with Gasteiger partial charge < -0.3 is 10.6 Å². The predicted molar refractivity (Wildman–Crippen MR) is 82.4 cm³/mol. The van der Waals surface area contributed by atoms with Gasteiger partial charge in [-0.15, -0.1) is 0 Å². The molecule has 0 aromatic carbocycles. The third-order valence-corrected chi connectivity index (χ3v) is 5.22. The van der Waals surface area contributed by atoms with Gasteiger partial charge in [-0.05, 0) is 44.4 Å². The van der Waals surface area contributed by atoms with Crippen LogP contribution in [0.25, 0.3) is 0 Å². The van der Waals surface area contributed by atoms with Crippen LogP contribution in [-0.2, 0) is 4.79 Å². The van der Waals surface area contributed by atoms with Crippen LogP contribution in [0.5, 0.6) is 0 Å². The molecule has 0 spiro atoms. The van der Waals surface area contributed by atoms with E-state index in [2.05, 4.69) is 18.7 Å². The largest absolute Gasteiger partial charge is 0.339 e. The van der Waals surface area contributed by atoms with Crippen LogP contribution in [0.2, 0.25) is 0 Å². The third-order valence-electron chi connectivity index (χ3n) is 5.22. The van der Waals surface area contributed by atoms with Gasteiger partial charge in [0, 0.05) is 32.2 Å². The molecule has 20 heavy (non-hydrogen) atoms. The quantitative estimate of drug-likeness (QED) is 0.856. The van der Waals surface area contributed by atoms with E-state index in [4.69, 9.17) is 5.73 Å². The summed E-state index contributed by atoms with van der Waals surface area (Å²) in [6, 6.07) is 0.389. The summed E-state index contributed by atoms with van der Waals surface area (Å²) in [6.07, 6.45) is 5.43. The summed E-state index contributed by atoms with van der Waals surface area (Å²) in [5.41, 5.74) is 5.68. The molecule has 1 unspecified atom stereocenters. The molecule has 4 nitrogen and oxygen atoms in total. The first kappa shape index (κ1) is 15.8. The van der Waals surface area contributed by atoms with E-state index >= 15 is 0 Å². The molecule has 1 aliphatic heterocycles. The number of rotatable bonds is 3. The first-order valence-electron chi connectivity index (χ1n) is 8.27. The normalized spacial score (nSPS) is 30.6. The summed E-state index contributed by atoms with van der Waals surface area (Å²) in [4.78, 5) is 16.4. The Morgan fingerprint density at radius 3 is 2.00 bits per heavy atom. The molecular weight excluding hydrogens is 250 g/mol. The molecule has 1 saturated heterocycles. The maximum atomic E-state index is 11.9. The maximum Gasteiger partial charge on any atom is 0.239 e. The predicted octanol–water partition coefficient (Wildman–Crippen LogP) is 1.69. The zero-order valence-electron chi connectivity index (χ0n) is 13.3. The molecule has 1 amide bonds. The smallest absolute Gasteiger partial charge is 0.239 e. The lowest BCUT2D eigenvalue weighted by Crippen LogP contribution is -2.55. The molecule has 4 heteroatoms. The molecular formula is C16H31N3O. The second kappa shape index (κ2) is 6.90. The number of nitrogens with zero attached hydrogens (tertiary/aromatic N) is 2. The summed E-state index contributed by atoms with van der Waals surface area (Å²) >= 11 is 0. The van der Waals surface area contributed by atoms with Crippen LogP contribution >= 0.6 is 0 Å². The molecule has 2 aliphatic rings. The molecule has 2 N–H and O–H groups in total. The Morgan fingerprint density at radius 1 is 1.00 bits per heavy atom. The second-order valence-corrected chi connectivity index (χ2v) is 6.96. The topological polar surface area (TPSA) is 49.6 Å². The van der Waals surface area contributed by atoms with Crippen molar-refractivity contribution in [1.82, 2.24) is 9.80 Å². The van der Waals surface area contributed by atoms with Gasteiger partial charge in [-0.25, -0.2) is 0 Å². The van der Waals surface area contributed by atoms with Crippen molar-refractivity contribution in [2.75, 3.05) is 26.2 Å². The van der Waals surface area contributed by atoms with E-state index in [1.165, 1.54) is 25.7 Å². The van der Waals surface area contributed by atoms with Crippen LogP contribution in [0.15, 0.2) is 0 Å². The Hall–Kier alpha value is -0.610. The number of carbonyl (C=O) groups is 1. The SMILES string of the molecule is CC(N)C(=O)N1CCN(C2CCC(C(C)C)CC2)CC1. The fraction of sp³-hybridized carbons (Fsp3) is 0.938. The number of hydrogen-bond acceptors (Lipinski definition) is 3. The van der Waals surface area contributed by atoms with Crippen molar-refractivity contribution in [3.05, 3.63) is 0 Å². The summed E-state index contributed by atoms with van der Waals surface area (Å²) in [6.45, 7) is 10.2. The van der Waals surface area contributed by atoms with Gasteiger partial charge in [0.25, 0.3) is 0 Å². The molecule has 1 saturated carbocycles. The minimum absolute atomic E-state index is 0.105. The lowest BCUT2D eigenvalue weighted by Gasteiger charge is -2.42. The van der Waals surface area contributed by atoms with Crippen LogP contribution in [-0.4, -0.2) is 54.0 Å². The third kappa shape index (κ3) is 3.73. The Balaban J connectivity index is 1.76. The van der Waals surface area contributed by atoms with Gasteiger partial charge in [0.15, 0.2) is 0 Å². The van der Waals surface area contributed by atoms with E-state index in [1.807, 2.05) is 4.90 Å². The Labute approximate surface area is 123 Å². The van der Waals surface area contributed by atoms with E-state index in [9.17, 15) is 4.79 Å². The number of hydrogen-bond donors (Lipinski definition) is 1. The molecule has 0 radical (unpaired) electrons. The number of piperazine rings is 1. The number of nitrogens with two attached hydrogens (primary N) is 1. The van der Waals surface area contributed by atoms with Crippen molar-refractivity contribution in [3.8, 4) is 0 Å². The summed E-state index contributed by atoms with van der Waals surface area (Å²) in [7, 11) is 0. The number of carbonyl (C=O) groups excluding carboxylic acids is 1. The van der Waals surface area contributed by atoms with Crippen LogP contribution in [0, 0.1) is 11.8 Å². The molecule has 1 atom stereocenters. The van der Waals surface area contributed by atoms with E-state index in [0.29, 0.717) is 0 Å². The highest BCUT2D eigenvalue weighted by Crippen LogP contribution is 2.32. The first-order chi connectivity index (χ1) is 9.49. The molecule has 1 aliphatic carbocycles. The molecule has 2 rings (SSSR count). The Morgan fingerprint density at radius 2 is 1.55 bits per heavy atom. The second-order valence-electron chi connectivity index (χ2n) is 6.96. The van der Waals surface area contributed by atoms with Crippen LogP contribution < -0.4 is 5.73 Å². The first-order valence-corrected chi connectivity index (χ1v) is 8.27. The molecule has 1 heterocycles. The highest BCUT2D eigenvalue weighted by molar-refractivity contribution is 5.81. The van der Waals surface area contributed by atoms with Gasteiger partial charge >= 0.3 is 0 Å². The van der Waals surface area contributed by atoms with Gasteiger partial charge in [0.05, 0.1) is 6.04 Å². The monoisotopic (exact) mass is 281 g/mol. The summed E-state index contributed by atoms with van der Waals surface area (Å²) in [5.74, 6) is 1.86. The number of amides is 1. The lowest BCUT2D eigenvalue weighted by molar-refractivity contribution is -0.134. The van der Waals surface area contributed by atoms with Crippen LogP contribution in [0.4, 0.5) is 0 Å². The van der Waals surface area contributed by atoms with Crippen molar-refractivity contribution in [1.29, 1.82) is 0 Å². The Kier molecular flexibility index (Phi) is 5.44. The average Bonchev–Trinajstić information content (AvgIpc) is 2.46. The van der Waals surface area contributed by atoms with Gasteiger partial charge in [0.1, 0.15) is 0 Å². The average molecular weight is 281 g/mol. The molecule has 0 aromatic rings. The van der Waals surface area contributed by atoms with Crippen LogP contribution in [0.3, 0.4) is 0 Å². The zero-order chi connectivity index (χ0) is 14.7. The minimum Gasteiger partial charge on any atom is -0.339 e. The zero-order valence-corrected chi connectivity index (χ0v) is 13.3. The van der Waals surface area contributed by atoms with Gasteiger partial charge in [-0.1, -0.05) is 13.8 Å². The fourth-order valence-corrected chi connectivity index (χ4v) is 3.73. The Bertz CT molecular complexity index is 314. The lowest BCUT2D eigenvalue weighted by atomic mass is 9.79. The van der Waals surface area contributed by atoms with E-state index in [-0.39, 0.29) is 11.9 Å². The van der Waals surface area contributed by atoms with Crippen molar-refractivity contribution < 1.29 is 4.79 Å².